The van der Waals surface area contributed by atoms with Crippen molar-refractivity contribution in [2.45, 2.75) is 51.9 Å². The van der Waals surface area contributed by atoms with Crippen LogP contribution in [-0.4, -0.2) is 28.6 Å². The van der Waals surface area contributed by atoms with Gasteiger partial charge in [-0.3, -0.25) is 4.98 Å². The van der Waals surface area contributed by atoms with Gasteiger partial charge in [-0.1, -0.05) is 6.92 Å². The third-order valence-corrected chi connectivity index (χ3v) is 6.03. The maximum atomic E-state index is 5.47. The maximum Gasteiger partial charge on any atom is 0.194 e. The van der Waals surface area contributed by atoms with Crippen molar-refractivity contribution in [3.8, 4) is 17.0 Å². The summed E-state index contributed by atoms with van der Waals surface area (Å²) in [4.78, 5) is 13.8. The van der Waals surface area contributed by atoms with E-state index in [0.29, 0.717) is 11.8 Å². The van der Waals surface area contributed by atoms with Gasteiger partial charge in [0.1, 0.15) is 23.5 Å². The number of oxazole rings is 1. The number of hydrogen-bond donors (Lipinski definition) is 1. The molecule has 0 amide bonds. The van der Waals surface area contributed by atoms with Gasteiger partial charge in [-0.2, -0.15) is 0 Å². The van der Waals surface area contributed by atoms with E-state index in [1.807, 2.05) is 38.2 Å². The van der Waals surface area contributed by atoms with Gasteiger partial charge >= 0.3 is 0 Å². The number of anilines is 1. The number of rotatable bonds is 7. The predicted octanol–water partition coefficient (Wildman–Crippen LogP) is 5.40. The van der Waals surface area contributed by atoms with E-state index in [1.54, 1.807) is 13.4 Å². The molecule has 1 saturated carbocycles. The summed E-state index contributed by atoms with van der Waals surface area (Å²) in [5.74, 6) is 3.72. The number of nitrogens with one attached hydrogen (secondary N) is 1. The molecule has 0 unspecified atom stereocenters. The molecule has 0 spiro atoms. The quantitative estimate of drug-likeness (QED) is 0.566. The van der Waals surface area contributed by atoms with Crippen LogP contribution in [0.3, 0.4) is 0 Å². The number of nitrogens with zero attached hydrogens (tertiary/aromatic N) is 3. The molecule has 4 rings (SSSR count). The second kappa shape index (κ2) is 9.28. The van der Waals surface area contributed by atoms with Crippen molar-refractivity contribution >= 4 is 5.82 Å². The highest BCUT2D eigenvalue weighted by Gasteiger charge is 2.23. The Morgan fingerprint density at radius 3 is 2.67 bits per heavy atom. The first-order valence-corrected chi connectivity index (χ1v) is 10.8. The van der Waals surface area contributed by atoms with Crippen molar-refractivity contribution in [1.82, 2.24) is 15.0 Å². The Morgan fingerprint density at radius 1 is 1.13 bits per heavy atom. The van der Waals surface area contributed by atoms with Gasteiger partial charge in [0.25, 0.3) is 0 Å². The summed E-state index contributed by atoms with van der Waals surface area (Å²) in [6, 6.07) is 8.19. The molecule has 0 aliphatic heterocycles. The summed E-state index contributed by atoms with van der Waals surface area (Å²) in [5, 5.41) is 3.52. The molecule has 0 bridgehead atoms. The van der Waals surface area contributed by atoms with Crippen LogP contribution in [0.15, 0.2) is 41.1 Å². The highest BCUT2D eigenvalue weighted by molar-refractivity contribution is 5.61. The molecule has 0 aromatic carbocycles. The van der Waals surface area contributed by atoms with Crippen LogP contribution < -0.4 is 10.1 Å². The number of aryl methyl sites for hydroxylation is 2. The van der Waals surface area contributed by atoms with Crippen LogP contribution in [0.1, 0.15) is 55.8 Å². The average Bonchev–Trinajstić information content (AvgIpc) is 3.28. The highest BCUT2D eigenvalue weighted by atomic mass is 16.5. The second-order valence-electron chi connectivity index (χ2n) is 8.03. The summed E-state index contributed by atoms with van der Waals surface area (Å²) in [5.41, 5.74) is 4.07. The summed E-state index contributed by atoms with van der Waals surface area (Å²) in [6.07, 6.45) is 9.10. The Bertz CT molecular complexity index is 977. The van der Waals surface area contributed by atoms with Crippen molar-refractivity contribution in [3.63, 3.8) is 0 Å². The van der Waals surface area contributed by atoms with Gasteiger partial charge in [-0.15, -0.1) is 0 Å². The SMILES string of the molecule is CCc1nc(-c2ccnc(NCC3CCC(c4ccc(OC)c(C)n4)CC3)c2)co1. The lowest BCUT2D eigenvalue weighted by molar-refractivity contribution is 0.334. The Labute approximate surface area is 178 Å². The van der Waals surface area contributed by atoms with Crippen LogP contribution in [0, 0.1) is 12.8 Å². The molecule has 3 heterocycles. The number of aromatic nitrogens is 3. The molecule has 30 heavy (non-hydrogen) atoms. The van der Waals surface area contributed by atoms with Crippen molar-refractivity contribution in [2.24, 2.45) is 5.92 Å². The van der Waals surface area contributed by atoms with E-state index in [0.717, 1.165) is 47.4 Å². The van der Waals surface area contributed by atoms with Crippen LogP contribution in [0.25, 0.3) is 11.3 Å². The molecule has 158 valence electrons. The van der Waals surface area contributed by atoms with E-state index >= 15 is 0 Å². The zero-order valence-electron chi connectivity index (χ0n) is 18.0. The molecule has 3 aromatic heterocycles. The Hall–Kier alpha value is -2.89. The van der Waals surface area contributed by atoms with Gasteiger partial charge in [-0.05, 0) is 62.8 Å². The minimum atomic E-state index is 0.548. The molecule has 0 atom stereocenters. The smallest absolute Gasteiger partial charge is 0.194 e. The molecule has 0 radical (unpaired) electrons. The predicted molar refractivity (Wildman–Crippen MR) is 118 cm³/mol. The van der Waals surface area contributed by atoms with Crippen molar-refractivity contribution in [2.75, 3.05) is 19.0 Å². The topological polar surface area (TPSA) is 73.1 Å². The van der Waals surface area contributed by atoms with Crippen molar-refractivity contribution < 1.29 is 9.15 Å². The molecular formula is C24H30N4O2. The summed E-state index contributed by atoms with van der Waals surface area (Å²) >= 11 is 0. The lowest BCUT2D eigenvalue weighted by Crippen LogP contribution is -2.21. The lowest BCUT2D eigenvalue weighted by Gasteiger charge is -2.28. The number of pyridine rings is 2. The van der Waals surface area contributed by atoms with E-state index in [1.165, 1.54) is 31.4 Å². The lowest BCUT2D eigenvalue weighted by atomic mass is 9.80. The van der Waals surface area contributed by atoms with Gasteiger partial charge in [0.05, 0.1) is 12.8 Å². The van der Waals surface area contributed by atoms with Crippen LogP contribution >= 0.6 is 0 Å². The van der Waals surface area contributed by atoms with Crippen LogP contribution in [0.4, 0.5) is 5.82 Å². The highest BCUT2D eigenvalue weighted by Crippen LogP contribution is 2.36. The molecule has 3 aromatic rings. The van der Waals surface area contributed by atoms with Crippen LogP contribution in [-0.2, 0) is 6.42 Å². The van der Waals surface area contributed by atoms with E-state index in [2.05, 4.69) is 21.4 Å². The standard InChI is InChI=1S/C24H30N4O2/c1-4-24-28-21(15-30-24)19-11-12-25-23(13-19)26-14-17-5-7-18(8-6-17)20-9-10-22(29-3)16(2)27-20/h9-13,15,17-18H,4-8,14H2,1-3H3,(H,25,26). The van der Waals surface area contributed by atoms with Crippen molar-refractivity contribution in [3.05, 3.63) is 54.0 Å². The molecule has 6 nitrogen and oxygen atoms in total. The molecule has 1 N–H and O–H groups in total. The molecule has 6 heteroatoms. The fraction of sp³-hybridized carbons (Fsp3) is 0.458. The van der Waals surface area contributed by atoms with E-state index < -0.39 is 0 Å². The molecule has 1 aliphatic rings. The fourth-order valence-corrected chi connectivity index (χ4v) is 4.21. The number of methoxy groups -OCH3 is 1. The Kier molecular flexibility index (Phi) is 6.31. The summed E-state index contributed by atoms with van der Waals surface area (Å²) in [7, 11) is 1.70. The van der Waals surface area contributed by atoms with Gasteiger partial charge in [0.15, 0.2) is 5.89 Å². The number of ether oxygens (including phenoxy) is 1. The molecule has 1 aliphatic carbocycles. The summed E-state index contributed by atoms with van der Waals surface area (Å²) < 4.78 is 10.8. The monoisotopic (exact) mass is 406 g/mol. The first kappa shape index (κ1) is 20.4. The zero-order valence-corrected chi connectivity index (χ0v) is 18.0. The largest absolute Gasteiger partial charge is 0.495 e. The second-order valence-corrected chi connectivity index (χ2v) is 8.03. The normalized spacial score (nSPS) is 18.9. The first-order chi connectivity index (χ1) is 14.7. The van der Waals surface area contributed by atoms with Crippen LogP contribution in [0.5, 0.6) is 5.75 Å². The molecule has 0 saturated heterocycles. The molecule has 1 fully saturated rings. The summed E-state index contributed by atoms with van der Waals surface area (Å²) in [6.45, 7) is 4.99. The van der Waals surface area contributed by atoms with E-state index in [4.69, 9.17) is 14.1 Å². The van der Waals surface area contributed by atoms with Gasteiger partial charge in [0, 0.05) is 36.3 Å². The van der Waals surface area contributed by atoms with Gasteiger partial charge < -0.3 is 14.5 Å². The Balaban J connectivity index is 1.31. The third-order valence-electron chi connectivity index (χ3n) is 6.03. The van der Waals surface area contributed by atoms with Gasteiger partial charge in [0.2, 0.25) is 0 Å². The van der Waals surface area contributed by atoms with E-state index in [9.17, 15) is 0 Å². The third kappa shape index (κ3) is 4.64. The minimum absolute atomic E-state index is 0.548. The average molecular weight is 407 g/mol. The van der Waals surface area contributed by atoms with Gasteiger partial charge in [-0.25, -0.2) is 9.97 Å². The number of hydrogen-bond acceptors (Lipinski definition) is 6. The first-order valence-electron chi connectivity index (χ1n) is 10.8. The fourth-order valence-electron chi connectivity index (χ4n) is 4.21. The Morgan fingerprint density at radius 2 is 1.97 bits per heavy atom. The minimum Gasteiger partial charge on any atom is -0.495 e. The maximum absolute atomic E-state index is 5.47. The van der Waals surface area contributed by atoms with Crippen molar-refractivity contribution in [1.29, 1.82) is 0 Å². The molecular weight excluding hydrogens is 376 g/mol. The van der Waals surface area contributed by atoms with Crippen LogP contribution in [0.2, 0.25) is 0 Å². The zero-order chi connectivity index (χ0) is 20.9. The van der Waals surface area contributed by atoms with E-state index in [-0.39, 0.29) is 0 Å².